The van der Waals surface area contributed by atoms with E-state index in [-0.39, 0.29) is 5.82 Å². The minimum absolute atomic E-state index is 0.267. The first-order chi connectivity index (χ1) is 9.60. The highest BCUT2D eigenvalue weighted by Crippen LogP contribution is 2.27. The number of H-pyrrole nitrogens is 1. The summed E-state index contributed by atoms with van der Waals surface area (Å²) in [5.74, 6) is -0.267. The van der Waals surface area contributed by atoms with E-state index in [2.05, 4.69) is 21.3 Å². The lowest BCUT2D eigenvalue weighted by Gasteiger charge is -2.02. The van der Waals surface area contributed by atoms with Crippen LogP contribution in [0.15, 0.2) is 24.3 Å². The zero-order valence-electron chi connectivity index (χ0n) is 11.0. The molecule has 1 aromatic carbocycles. The van der Waals surface area contributed by atoms with Crippen molar-refractivity contribution in [3.05, 3.63) is 46.9 Å². The lowest BCUT2D eigenvalue weighted by atomic mass is 10.1. The van der Waals surface area contributed by atoms with Crippen molar-refractivity contribution in [2.75, 3.05) is 0 Å². The molecule has 0 aliphatic carbocycles. The maximum Gasteiger partial charge on any atom is 0.128 e. The molecule has 0 aliphatic heterocycles. The molecule has 5 heteroatoms. The van der Waals surface area contributed by atoms with Gasteiger partial charge in [-0.15, -0.1) is 0 Å². The van der Waals surface area contributed by atoms with Crippen LogP contribution < -0.4 is 0 Å². The van der Waals surface area contributed by atoms with Gasteiger partial charge in [-0.05, 0) is 43.7 Å². The molecule has 0 radical (unpaired) electrons. The van der Waals surface area contributed by atoms with Gasteiger partial charge in [-0.3, -0.25) is 10.1 Å². The van der Waals surface area contributed by atoms with Crippen LogP contribution in [0, 0.1) is 31.0 Å². The molecule has 20 heavy (non-hydrogen) atoms. The Morgan fingerprint density at radius 2 is 2.05 bits per heavy atom. The number of fused-ring (bicyclic) bond motifs is 1. The Hall–Kier alpha value is -2.74. The van der Waals surface area contributed by atoms with Crippen molar-refractivity contribution in [2.45, 2.75) is 13.8 Å². The summed E-state index contributed by atoms with van der Waals surface area (Å²) in [5.41, 5.74) is 3.71. The van der Waals surface area contributed by atoms with E-state index in [9.17, 15) is 4.39 Å². The van der Waals surface area contributed by atoms with Crippen molar-refractivity contribution >= 4 is 10.9 Å². The molecule has 98 valence electrons. The lowest BCUT2D eigenvalue weighted by molar-refractivity contribution is 0.620. The highest BCUT2D eigenvalue weighted by molar-refractivity contribution is 5.92. The van der Waals surface area contributed by atoms with Crippen LogP contribution in [0.4, 0.5) is 4.39 Å². The van der Waals surface area contributed by atoms with Crippen molar-refractivity contribution in [2.24, 2.45) is 0 Å². The topological polar surface area (TPSA) is 65.4 Å². The molecule has 0 unspecified atom stereocenters. The van der Waals surface area contributed by atoms with Gasteiger partial charge < -0.3 is 0 Å². The van der Waals surface area contributed by atoms with Crippen LogP contribution in [0.2, 0.25) is 0 Å². The Morgan fingerprint density at radius 1 is 1.25 bits per heavy atom. The zero-order chi connectivity index (χ0) is 14.3. The molecule has 0 aliphatic rings. The summed E-state index contributed by atoms with van der Waals surface area (Å²) in [6.07, 6.45) is 0. The Morgan fingerprint density at radius 3 is 2.75 bits per heavy atom. The first kappa shape index (κ1) is 12.3. The Bertz CT molecular complexity index is 858. The quantitative estimate of drug-likeness (QED) is 0.735. The number of benzene rings is 1. The standard InChI is InChI=1S/C15H11FN4/c1-8-5-11-14(6-12(8)16)19-20-15(11)13-4-3-10(7-17)9(2)18-13/h3-6H,1-2H3,(H,19,20). The van der Waals surface area contributed by atoms with E-state index in [0.29, 0.717) is 33.7 Å². The number of aromatic amines is 1. The SMILES string of the molecule is Cc1cc2c(-c3ccc(C#N)c(C)n3)n[nH]c2cc1F. The van der Waals surface area contributed by atoms with Gasteiger partial charge in [0.2, 0.25) is 0 Å². The lowest BCUT2D eigenvalue weighted by Crippen LogP contribution is -1.91. The minimum atomic E-state index is -0.267. The monoisotopic (exact) mass is 266 g/mol. The second kappa shape index (κ2) is 4.42. The van der Waals surface area contributed by atoms with Gasteiger partial charge in [-0.2, -0.15) is 10.4 Å². The summed E-state index contributed by atoms with van der Waals surface area (Å²) < 4.78 is 13.5. The van der Waals surface area contributed by atoms with Gasteiger partial charge in [-0.1, -0.05) is 0 Å². The zero-order valence-corrected chi connectivity index (χ0v) is 11.0. The maximum absolute atomic E-state index is 13.5. The third-order valence-corrected chi connectivity index (χ3v) is 3.29. The third-order valence-electron chi connectivity index (χ3n) is 3.29. The third kappa shape index (κ3) is 1.82. The predicted octanol–water partition coefficient (Wildman–Crippen LogP) is 3.25. The number of halogens is 1. The van der Waals surface area contributed by atoms with Gasteiger partial charge in [0, 0.05) is 5.39 Å². The second-order valence-corrected chi connectivity index (χ2v) is 4.66. The molecule has 1 N–H and O–H groups in total. The summed E-state index contributed by atoms with van der Waals surface area (Å²) in [7, 11) is 0. The fourth-order valence-electron chi connectivity index (χ4n) is 2.15. The van der Waals surface area contributed by atoms with Crippen molar-refractivity contribution in [3.8, 4) is 17.5 Å². The molecule has 0 atom stereocenters. The van der Waals surface area contributed by atoms with Crippen LogP contribution in [0.25, 0.3) is 22.3 Å². The number of aromatic nitrogens is 3. The summed E-state index contributed by atoms with van der Waals surface area (Å²) in [6, 6.07) is 8.72. The second-order valence-electron chi connectivity index (χ2n) is 4.66. The highest BCUT2D eigenvalue weighted by atomic mass is 19.1. The number of pyridine rings is 1. The van der Waals surface area contributed by atoms with E-state index >= 15 is 0 Å². The summed E-state index contributed by atoms with van der Waals surface area (Å²) in [4.78, 5) is 4.39. The number of nitrogens with one attached hydrogen (secondary N) is 1. The molecule has 2 heterocycles. The molecule has 0 spiro atoms. The molecule has 4 nitrogen and oxygen atoms in total. The van der Waals surface area contributed by atoms with Crippen molar-refractivity contribution in [3.63, 3.8) is 0 Å². The predicted molar refractivity (Wildman–Crippen MR) is 73.5 cm³/mol. The summed E-state index contributed by atoms with van der Waals surface area (Å²) >= 11 is 0. The molecule has 2 aromatic heterocycles. The molecule has 0 fully saturated rings. The maximum atomic E-state index is 13.5. The molecule has 0 amide bonds. The van der Waals surface area contributed by atoms with Gasteiger partial charge in [0.15, 0.2) is 0 Å². The fraction of sp³-hybridized carbons (Fsp3) is 0.133. The van der Waals surface area contributed by atoms with Crippen molar-refractivity contribution in [1.82, 2.24) is 15.2 Å². The number of rotatable bonds is 1. The smallest absolute Gasteiger partial charge is 0.128 e. The van der Waals surface area contributed by atoms with Crippen LogP contribution in [-0.2, 0) is 0 Å². The Labute approximate surface area is 114 Å². The van der Waals surface area contributed by atoms with Crippen molar-refractivity contribution in [1.29, 1.82) is 5.26 Å². The largest absolute Gasteiger partial charge is 0.277 e. The number of hydrogen-bond acceptors (Lipinski definition) is 3. The van der Waals surface area contributed by atoms with Crippen LogP contribution in [0.5, 0.6) is 0 Å². The first-order valence-electron chi connectivity index (χ1n) is 6.12. The van der Waals surface area contributed by atoms with E-state index in [4.69, 9.17) is 5.26 Å². The molecular formula is C15H11FN4. The number of hydrogen-bond donors (Lipinski definition) is 1. The van der Waals surface area contributed by atoms with Gasteiger partial charge in [0.25, 0.3) is 0 Å². The number of nitrogens with zero attached hydrogens (tertiary/aromatic N) is 3. The van der Waals surface area contributed by atoms with Gasteiger partial charge in [0.05, 0.1) is 22.5 Å². The number of nitriles is 1. The Kier molecular flexibility index (Phi) is 2.72. The van der Waals surface area contributed by atoms with E-state index in [1.54, 1.807) is 32.0 Å². The molecular weight excluding hydrogens is 255 g/mol. The summed E-state index contributed by atoms with van der Waals surface area (Å²) in [6.45, 7) is 3.49. The number of aryl methyl sites for hydroxylation is 2. The van der Waals surface area contributed by atoms with Gasteiger partial charge >= 0.3 is 0 Å². The van der Waals surface area contributed by atoms with Crippen molar-refractivity contribution < 1.29 is 4.39 Å². The minimum Gasteiger partial charge on any atom is -0.277 e. The molecule has 0 bridgehead atoms. The van der Waals surface area contributed by atoms with Gasteiger partial charge in [0.1, 0.15) is 17.6 Å². The van der Waals surface area contributed by atoms with Crippen LogP contribution in [-0.4, -0.2) is 15.2 Å². The van der Waals surface area contributed by atoms with E-state index in [0.717, 1.165) is 5.39 Å². The average molecular weight is 266 g/mol. The van der Waals surface area contributed by atoms with E-state index in [1.165, 1.54) is 6.07 Å². The molecule has 3 rings (SSSR count). The highest BCUT2D eigenvalue weighted by Gasteiger charge is 2.12. The van der Waals surface area contributed by atoms with Crippen LogP contribution >= 0.6 is 0 Å². The molecule has 3 aromatic rings. The normalized spacial score (nSPS) is 10.7. The fourth-order valence-corrected chi connectivity index (χ4v) is 2.15. The molecule has 0 saturated carbocycles. The van der Waals surface area contributed by atoms with E-state index in [1.807, 2.05) is 0 Å². The Balaban J connectivity index is 2.22. The summed E-state index contributed by atoms with van der Waals surface area (Å²) in [5, 5.41) is 16.8. The molecule has 0 saturated heterocycles. The average Bonchev–Trinajstić information content (AvgIpc) is 2.82. The van der Waals surface area contributed by atoms with Crippen LogP contribution in [0.3, 0.4) is 0 Å². The van der Waals surface area contributed by atoms with Crippen LogP contribution in [0.1, 0.15) is 16.8 Å². The first-order valence-corrected chi connectivity index (χ1v) is 6.12. The van der Waals surface area contributed by atoms with E-state index < -0.39 is 0 Å². The van der Waals surface area contributed by atoms with Gasteiger partial charge in [-0.25, -0.2) is 4.39 Å².